The monoisotopic (exact) mass is 748 g/mol. The fourth-order valence-electron chi connectivity index (χ4n) is 8.68. The van der Waals surface area contributed by atoms with E-state index in [0.717, 1.165) is 58.3 Å². The molecule has 292 valence electrons. The van der Waals surface area contributed by atoms with Gasteiger partial charge in [-0.05, 0) is 79.9 Å². The summed E-state index contributed by atoms with van der Waals surface area (Å²) in [5.41, 5.74) is 9.46. The van der Waals surface area contributed by atoms with Crippen LogP contribution in [0, 0.1) is 43.4 Å². The summed E-state index contributed by atoms with van der Waals surface area (Å²) in [6.07, 6.45) is 14.2. The molecule has 0 spiro atoms. The van der Waals surface area contributed by atoms with Gasteiger partial charge in [-0.25, -0.2) is 0 Å². The Morgan fingerprint density at radius 1 is 0.945 bits per heavy atom. The Balaban J connectivity index is 1.47. The number of H-pyrrole nitrogens is 3. The van der Waals surface area contributed by atoms with Gasteiger partial charge in [-0.3, -0.25) is 19.2 Å². The Hall–Kier alpha value is -5.12. The molecule has 55 heavy (non-hydrogen) atoms. The van der Waals surface area contributed by atoms with Crippen molar-refractivity contribution in [3.63, 3.8) is 0 Å². The standard InChI is InChI=1S/C45H56N4O6/c1-10-28-25(6)32-19-33-26(7)30(15-16-38(51)55-18-17-24(5)14-12-13-23(3)4)42(48-33)40-41(45(53)54-9)44(52)39-27(8)34(49-43(39)40)20-36-29(11-2)31(22-50)37(47-36)21-35(28)46-32/h10,19-24,26,30,41,46-49H,1,11-18H2,2-9H3/b33-19-,36-20-,37-21-,42-40-/t24-,26-,30-,41+/m0/s1. The van der Waals surface area contributed by atoms with E-state index < -0.39 is 11.9 Å². The Labute approximate surface area is 323 Å². The minimum atomic E-state index is -1.18. The van der Waals surface area contributed by atoms with Gasteiger partial charge in [0.25, 0.3) is 0 Å². The van der Waals surface area contributed by atoms with Gasteiger partial charge < -0.3 is 29.7 Å². The lowest BCUT2D eigenvalue weighted by Crippen LogP contribution is -2.25. The fourth-order valence-corrected chi connectivity index (χ4v) is 8.68. The van der Waals surface area contributed by atoms with Gasteiger partial charge in [0.15, 0.2) is 12.1 Å². The van der Waals surface area contributed by atoms with Crippen molar-refractivity contribution in [1.82, 2.24) is 20.3 Å². The van der Waals surface area contributed by atoms with Gasteiger partial charge in [0.05, 0.1) is 24.8 Å². The number of ether oxygens (including phenoxy) is 2. The number of hydrogen-bond acceptors (Lipinski definition) is 7. The summed E-state index contributed by atoms with van der Waals surface area (Å²) in [6, 6.07) is 0. The van der Waals surface area contributed by atoms with Crippen LogP contribution in [0.25, 0.3) is 29.9 Å². The molecule has 0 radical (unpaired) electrons. The highest BCUT2D eigenvalue weighted by molar-refractivity contribution is 6.24. The summed E-state index contributed by atoms with van der Waals surface area (Å²) in [5.74, 6) is -1.61. The number of nitrogens with one attached hydrogen (secondary N) is 4. The fraction of sp³-hybridized carbons (Fsp3) is 0.467. The summed E-state index contributed by atoms with van der Waals surface area (Å²) >= 11 is 0. The number of aromatic amines is 3. The maximum absolute atomic E-state index is 14.3. The number of fused-ring (bicyclic) bond motifs is 7. The minimum absolute atomic E-state index is 0.117. The van der Waals surface area contributed by atoms with Gasteiger partial charge >= 0.3 is 11.9 Å². The lowest BCUT2D eigenvalue weighted by Gasteiger charge is -2.20. The van der Waals surface area contributed by atoms with Gasteiger partial charge in [0.2, 0.25) is 0 Å². The number of esters is 2. The van der Waals surface area contributed by atoms with E-state index >= 15 is 0 Å². The number of carbonyl (C=O) groups excluding carboxylic acids is 4. The van der Waals surface area contributed by atoms with Crippen molar-refractivity contribution < 1.29 is 28.7 Å². The molecule has 0 saturated carbocycles. The van der Waals surface area contributed by atoms with Crippen LogP contribution in [0.5, 0.6) is 0 Å². The molecular weight excluding hydrogens is 693 g/mol. The highest BCUT2D eigenvalue weighted by Crippen LogP contribution is 2.48. The lowest BCUT2D eigenvalue weighted by molar-refractivity contribution is -0.144. The van der Waals surface area contributed by atoms with Crippen molar-refractivity contribution in [2.24, 2.45) is 29.6 Å². The molecule has 1 fully saturated rings. The number of allylic oxidation sites excluding steroid dienone is 2. The van der Waals surface area contributed by atoms with Gasteiger partial charge in [0.1, 0.15) is 5.92 Å². The van der Waals surface area contributed by atoms with Crippen LogP contribution in [0.3, 0.4) is 0 Å². The zero-order chi connectivity index (χ0) is 39.7. The van der Waals surface area contributed by atoms with Gasteiger partial charge in [-0.1, -0.05) is 66.5 Å². The van der Waals surface area contributed by atoms with E-state index in [4.69, 9.17) is 9.47 Å². The van der Waals surface area contributed by atoms with Crippen LogP contribution in [-0.4, -0.2) is 52.7 Å². The molecule has 8 bridgehead atoms. The third-order valence-corrected chi connectivity index (χ3v) is 12.0. The quantitative estimate of drug-likeness (QED) is 0.0786. The maximum atomic E-state index is 14.3. The second kappa shape index (κ2) is 16.3. The van der Waals surface area contributed by atoms with Crippen LogP contribution in [0.15, 0.2) is 18.0 Å². The number of carbonyl (C=O) groups is 4. The molecule has 3 aromatic rings. The first-order valence-electron chi connectivity index (χ1n) is 19.8. The van der Waals surface area contributed by atoms with E-state index in [1.54, 1.807) is 6.08 Å². The predicted octanol–water partition coefficient (Wildman–Crippen LogP) is 7.05. The number of ketones is 1. The molecule has 3 aliphatic rings. The second-order valence-electron chi connectivity index (χ2n) is 16.0. The first-order chi connectivity index (χ1) is 26.3. The lowest BCUT2D eigenvalue weighted by atomic mass is 9.85. The Morgan fingerprint density at radius 2 is 1.67 bits per heavy atom. The van der Waals surface area contributed by atoms with Crippen LogP contribution in [0.1, 0.15) is 139 Å². The largest absolute Gasteiger partial charge is 0.468 e. The number of methoxy groups -OCH3 is 1. The molecular formula is C45H56N4O6. The normalized spacial score (nSPS) is 22.6. The third kappa shape index (κ3) is 7.48. The highest BCUT2D eigenvalue weighted by Gasteiger charge is 2.48. The van der Waals surface area contributed by atoms with Crippen LogP contribution in [0.4, 0.5) is 0 Å². The molecule has 10 nitrogen and oxygen atoms in total. The topological polar surface area (TPSA) is 146 Å². The maximum Gasteiger partial charge on any atom is 0.321 e. The molecule has 0 unspecified atom stereocenters. The number of Topliss-reactive ketones (excluding diaryl/α,β-unsaturated/α-hetero) is 1. The summed E-state index contributed by atoms with van der Waals surface area (Å²) in [6.45, 7) is 19.2. The number of hydrogen-bond donors (Lipinski definition) is 4. The summed E-state index contributed by atoms with van der Waals surface area (Å²) in [4.78, 5) is 64.1. The first kappa shape index (κ1) is 39.6. The van der Waals surface area contributed by atoms with Crippen molar-refractivity contribution in [3.05, 3.63) is 84.8 Å². The molecule has 10 heteroatoms. The molecule has 1 saturated heterocycles. The zero-order valence-corrected chi connectivity index (χ0v) is 33.6. The smallest absolute Gasteiger partial charge is 0.321 e. The number of aromatic nitrogens is 3. The number of aldehydes is 1. The van der Waals surface area contributed by atoms with Crippen molar-refractivity contribution in [2.75, 3.05) is 13.7 Å². The van der Waals surface area contributed by atoms with Gasteiger partial charge in [-0.2, -0.15) is 0 Å². The van der Waals surface area contributed by atoms with Crippen molar-refractivity contribution in [2.45, 2.75) is 93.4 Å². The van der Waals surface area contributed by atoms with Crippen LogP contribution in [0.2, 0.25) is 0 Å². The summed E-state index contributed by atoms with van der Waals surface area (Å²) < 4.78 is 11.0. The van der Waals surface area contributed by atoms with Gasteiger partial charge in [-0.15, -0.1) is 0 Å². The summed E-state index contributed by atoms with van der Waals surface area (Å²) in [7, 11) is 1.30. The van der Waals surface area contributed by atoms with E-state index in [1.807, 2.05) is 32.9 Å². The van der Waals surface area contributed by atoms with Gasteiger partial charge in [0, 0.05) is 74.3 Å². The zero-order valence-electron chi connectivity index (χ0n) is 33.6. The molecule has 0 amide bonds. The van der Waals surface area contributed by atoms with Crippen LogP contribution >= 0.6 is 0 Å². The molecule has 0 aromatic carbocycles. The van der Waals surface area contributed by atoms with Crippen molar-refractivity contribution >= 4 is 53.9 Å². The Morgan fingerprint density at radius 3 is 2.35 bits per heavy atom. The summed E-state index contributed by atoms with van der Waals surface area (Å²) in [5, 5.41) is 5.06. The minimum Gasteiger partial charge on any atom is -0.468 e. The average Bonchev–Trinajstić information content (AvgIpc) is 3.90. The Bertz CT molecular complexity index is 2220. The third-order valence-electron chi connectivity index (χ3n) is 12.0. The van der Waals surface area contributed by atoms with E-state index in [-0.39, 0.29) is 30.0 Å². The molecule has 4 N–H and O–H groups in total. The van der Waals surface area contributed by atoms with Crippen molar-refractivity contribution in [1.29, 1.82) is 0 Å². The Kier molecular flexibility index (Phi) is 11.7. The molecule has 4 atom stereocenters. The van der Waals surface area contributed by atoms with Crippen LogP contribution in [-0.2, 0) is 25.5 Å². The highest BCUT2D eigenvalue weighted by atomic mass is 16.5. The van der Waals surface area contributed by atoms with E-state index in [1.165, 1.54) is 20.0 Å². The van der Waals surface area contributed by atoms with E-state index in [2.05, 4.69) is 60.6 Å². The van der Waals surface area contributed by atoms with Crippen LogP contribution < -0.4 is 16.0 Å². The molecule has 5 heterocycles. The molecule has 1 aliphatic carbocycles. The first-order valence-corrected chi connectivity index (χ1v) is 19.8. The average molecular weight is 749 g/mol. The second-order valence-corrected chi connectivity index (χ2v) is 16.0. The molecule has 6 rings (SSSR count). The van der Waals surface area contributed by atoms with Crippen molar-refractivity contribution in [3.8, 4) is 0 Å². The predicted molar refractivity (Wildman–Crippen MR) is 216 cm³/mol. The SMILES string of the molecule is C=Cc1c2[nH]c(c1C)/C=C1\N/C(=C3\c4[nH]c(c(C)c4C(=O)[C@@H]3C(=O)OC)/C=c3\[nH]/c(c(C=O)c3CC)=C\2)[C@@H](CCC(=O)OCC[C@@H](C)CCCC(C)C)[C@@H]1C. The number of rotatable bonds is 14. The van der Waals surface area contributed by atoms with E-state index in [0.29, 0.717) is 76.0 Å². The molecule has 2 aliphatic heterocycles. The molecule has 3 aromatic heterocycles. The van der Waals surface area contributed by atoms with E-state index in [9.17, 15) is 19.2 Å².